The van der Waals surface area contributed by atoms with Gasteiger partial charge in [-0.1, -0.05) is 26.3 Å². The summed E-state index contributed by atoms with van der Waals surface area (Å²) in [5, 5.41) is 12.1. The minimum absolute atomic E-state index is 0.123. The van der Waals surface area contributed by atoms with Gasteiger partial charge in [-0.25, -0.2) is 24.5 Å². The van der Waals surface area contributed by atoms with E-state index < -0.39 is 17.5 Å². The number of carbonyl (C=O) groups is 2. The highest BCUT2D eigenvalue weighted by Crippen LogP contribution is 2.32. The van der Waals surface area contributed by atoms with Crippen molar-refractivity contribution in [2.45, 2.75) is 52.5 Å². The number of ether oxygens (including phenoxy) is 1. The number of hydrogen-bond donors (Lipinski definition) is 2. The van der Waals surface area contributed by atoms with E-state index in [2.05, 4.69) is 20.3 Å². The van der Waals surface area contributed by atoms with E-state index in [9.17, 15) is 14.7 Å². The fourth-order valence-corrected chi connectivity index (χ4v) is 3.13. The monoisotopic (exact) mass is 401 g/mol. The van der Waals surface area contributed by atoms with E-state index in [0.29, 0.717) is 30.1 Å². The number of aromatic nitrogens is 3. The van der Waals surface area contributed by atoms with Crippen LogP contribution in [0.1, 0.15) is 56.1 Å². The highest BCUT2D eigenvalue weighted by Gasteiger charge is 2.36. The number of rotatable bonds is 8. The number of pyridine rings is 1. The van der Waals surface area contributed by atoms with Crippen LogP contribution in [0.5, 0.6) is 5.88 Å². The van der Waals surface area contributed by atoms with Gasteiger partial charge in [-0.2, -0.15) is 0 Å². The summed E-state index contributed by atoms with van der Waals surface area (Å²) in [5.41, 5.74) is -0.00608. The average molecular weight is 401 g/mol. The molecule has 0 spiro atoms. The van der Waals surface area contributed by atoms with Gasteiger partial charge >= 0.3 is 12.0 Å². The Bertz CT molecular complexity index is 889. The summed E-state index contributed by atoms with van der Waals surface area (Å²) in [7, 11) is 1.47. The van der Waals surface area contributed by atoms with Gasteiger partial charge in [0.15, 0.2) is 5.69 Å². The molecule has 2 aromatic heterocycles. The minimum Gasteiger partial charge on any atom is -0.481 e. The molecule has 0 bridgehead atoms. The van der Waals surface area contributed by atoms with E-state index in [1.807, 2.05) is 20.8 Å². The second-order valence-corrected chi connectivity index (χ2v) is 6.95. The zero-order valence-electron chi connectivity index (χ0n) is 17.4. The summed E-state index contributed by atoms with van der Waals surface area (Å²) in [5.74, 6) is -0.258. The first-order valence-electron chi connectivity index (χ1n) is 9.44. The number of aromatic carboxylic acids is 1. The fourth-order valence-electron chi connectivity index (χ4n) is 3.13. The minimum atomic E-state index is -1.15. The van der Waals surface area contributed by atoms with Gasteiger partial charge in [0.25, 0.3) is 0 Å². The van der Waals surface area contributed by atoms with Gasteiger partial charge in [0.1, 0.15) is 18.0 Å². The highest BCUT2D eigenvalue weighted by molar-refractivity contribution is 6.02. The third-order valence-corrected chi connectivity index (χ3v) is 4.88. The first kappa shape index (κ1) is 22.1. The first-order valence-corrected chi connectivity index (χ1v) is 9.44. The molecule has 0 saturated carbocycles. The number of anilines is 2. The molecule has 9 nitrogen and oxygen atoms in total. The van der Waals surface area contributed by atoms with Crippen molar-refractivity contribution in [1.82, 2.24) is 15.0 Å². The summed E-state index contributed by atoms with van der Waals surface area (Å²) in [4.78, 5) is 38.6. The average Bonchev–Trinajstić information content (AvgIpc) is 2.69. The predicted octanol–water partition coefficient (Wildman–Crippen LogP) is 3.89. The Kier molecular flexibility index (Phi) is 7.08. The molecule has 2 heterocycles. The number of urea groups is 1. The second-order valence-electron chi connectivity index (χ2n) is 6.95. The lowest BCUT2D eigenvalue weighted by Gasteiger charge is -2.40. The van der Waals surface area contributed by atoms with Crippen molar-refractivity contribution in [1.29, 1.82) is 0 Å². The molecule has 29 heavy (non-hydrogen) atoms. The van der Waals surface area contributed by atoms with Crippen LogP contribution in [-0.4, -0.2) is 44.7 Å². The maximum absolute atomic E-state index is 13.4. The second kappa shape index (κ2) is 9.31. The molecule has 0 saturated heterocycles. The molecule has 0 aliphatic rings. The molecule has 2 N–H and O–H groups in total. The van der Waals surface area contributed by atoms with Gasteiger partial charge in [-0.3, -0.25) is 10.2 Å². The number of nitrogens with zero attached hydrogens (tertiary/aromatic N) is 4. The summed E-state index contributed by atoms with van der Waals surface area (Å²) >= 11 is 0. The van der Waals surface area contributed by atoms with Gasteiger partial charge in [0, 0.05) is 11.6 Å². The van der Waals surface area contributed by atoms with Crippen molar-refractivity contribution in [2.75, 3.05) is 17.3 Å². The third kappa shape index (κ3) is 4.98. The van der Waals surface area contributed by atoms with Crippen molar-refractivity contribution in [3.8, 4) is 5.88 Å². The molecule has 2 amide bonds. The van der Waals surface area contributed by atoms with Crippen LogP contribution in [0.3, 0.4) is 0 Å². The van der Waals surface area contributed by atoms with Crippen LogP contribution in [0.4, 0.5) is 16.4 Å². The number of nitrogens with one attached hydrogen (secondary N) is 1. The molecule has 0 aliphatic heterocycles. The normalized spacial score (nSPS) is 12.7. The molecule has 156 valence electrons. The summed E-state index contributed by atoms with van der Waals surface area (Å²) in [6.45, 7) is 7.78. The van der Waals surface area contributed by atoms with E-state index in [4.69, 9.17) is 4.74 Å². The van der Waals surface area contributed by atoms with Crippen LogP contribution >= 0.6 is 0 Å². The molecule has 0 aromatic carbocycles. The van der Waals surface area contributed by atoms with E-state index in [1.54, 1.807) is 13.0 Å². The van der Waals surface area contributed by atoms with Crippen LogP contribution in [0.15, 0.2) is 24.5 Å². The van der Waals surface area contributed by atoms with E-state index in [1.165, 1.54) is 30.5 Å². The van der Waals surface area contributed by atoms with Crippen LogP contribution in [-0.2, 0) is 0 Å². The Labute approximate surface area is 170 Å². The predicted molar refractivity (Wildman–Crippen MR) is 110 cm³/mol. The lowest BCUT2D eigenvalue weighted by Crippen LogP contribution is -2.52. The van der Waals surface area contributed by atoms with Crippen molar-refractivity contribution in [2.24, 2.45) is 0 Å². The summed E-state index contributed by atoms with van der Waals surface area (Å²) in [6, 6.07) is 4.13. The van der Waals surface area contributed by atoms with Crippen LogP contribution in [0.25, 0.3) is 0 Å². The molecule has 0 unspecified atom stereocenters. The van der Waals surface area contributed by atoms with Crippen LogP contribution in [0.2, 0.25) is 0 Å². The van der Waals surface area contributed by atoms with E-state index in [-0.39, 0.29) is 11.5 Å². The van der Waals surface area contributed by atoms with Crippen molar-refractivity contribution >= 4 is 23.6 Å². The smallest absolute Gasteiger partial charge is 0.354 e. The Morgan fingerprint density at radius 1 is 1.28 bits per heavy atom. The largest absolute Gasteiger partial charge is 0.481 e. The molecule has 0 fully saturated rings. The van der Waals surface area contributed by atoms with Gasteiger partial charge in [-0.15, -0.1) is 0 Å². The zero-order chi connectivity index (χ0) is 21.6. The number of methoxy groups -OCH3 is 1. The molecule has 2 rings (SSSR count). The van der Waals surface area contributed by atoms with Gasteiger partial charge < -0.3 is 9.84 Å². The third-order valence-electron chi connectivity index (χ3n) is 4.88. The molecule has 0 aliphatic carbocycles. The Morgan fingerprint density at radius 2 is 2.00 bits per heavy atom. The number of carboxylic acid groups (broad SMARTS) is 1. The number of amides is 2. The quantitative estimate of drug-likeness (QED) is 0.689. The maximum Gasteiger partial charge on any atom is 0.354 e. The Morgan fingerprint density at radius 3 is 2.59 bits per heavy atom. The lowest BCUT2D eigenvalue weighted by atomic mass is 9.90. The Balaban J connectivity index is 2.54. The maximum atomic E-state index is 13.4. The van der Waals surface area contributed by atoms with Gasteiger partial charge in [0.05, 0.1) is 7.11 Å². The molecule has 9 heteroatoms. The molecule has 1 atom stereocenters. The topological polar surface area (TPSA) is 118 Å². The van der Waals surface area contributed by atoms with Crippen molar-refractivity contribution in [3.05, 3.63) is 35.8 Å². The number of carboxylic acids is 1. The van der Waals surface area contributed by atoms with Crippen LogP contribution < -0.4 is 15.0 Å². The SMILES string of the molecule is CCC[C@](C)(CC)N(C(=O)Nc1cc(OC)ncn1)c1nc(C(=O)O)ccc1C. The zero-order valence-corrected chi connectivity index (χ0v) is 17.4. The Hall–Kier alpha value is -3.23. The van der Waals surface area contributed by atoms with Crippen molar-refractivity contribution < 1.29 is 19.4 Å². The molecular formula is C20H27N5O4. The summed E-state index contributed by atoms with van der Waals surface area (Å²) in [6.07, 6.45) is 3.49. The van der Waals surface area contributed by atoms with E-state index >= 15 is 0 Å². The van der Waals surface area contributed by atoms with Gasteiger partial charge in [0.2, 0.25) is 5.88 Å². The molecule has 2 aromatic rings. The fraction of sp³-hybridized carbons (Fsp3) is 0.450. The first-order chi connectivity index (χ1) is 13.8. The van der Waals surface area contributed by atoms with E-state index in [0.717, 1.165) is 6.42 Å². The molecular weight excluding hydrogens is 374 g/mol. The van der Waals surface area contributed by atoms with Gasteiger partial charge in [-0.05, 0) is 38.3 Å². The highest BCUT2D eigenvalue weighted by atomic mass is 16.5. The lowest BCUT2D eigenvalue weighted by molar-refractivity contribution is 0.0690. The van der Waals surface area contributed by atoms with Crippen LogP contribution in [0, 0.1) is 6.92 Å². The van der Waals surface area contributed by atoms with Crippen molar-refractivity contribution in [3.63, 3.8) is 0 Å². The standard InChI is InChI=1S/C20H27N5O4/c1-6-10-20(4,7-2)25(17-13(3)8-9-14(23-17)18(26)27)19(28)24-15-11-16(29-5)22-12-21-15/h8-9,11-12H,6-7,10H2,1-5H3,(H,26,27)(H,21,22,24,28)/t20-/m0/s1. The summed E-state index contributed by atoms with van der Waals surface area (Å²) < 4.78 is 5.08. The molecule has 0 radical (unpaired) electrons. The number of carbonyl (C=O) groups excluding carboxylic acids is 1. The number of aryl methyl sites for hydroxylation is 1. The number of hydrogen-bond acceptors (Lipinski definition) is 6.